The molecule has 0 atom stereocenters. The van der Waals surface area contributed by atoms with Crippen LogP contribution in [0.2, 0.25) is 0 Å². The fourth-order valence-corrected chi connectivity index (χ4v) is 2.18. The van der Waals surface area contributed by atoms with E-state index in [0.717, 1.165) is 4.90 Å². The number of nitrogens with zero attached hydrogens (tertiary/aromatic N) is 3. The molecule has 23 heavy (non-hydrogen) atoms. The summed E-state index contributed by atoms with van der Waals surface area (Å²) in [6, 6.07) is 4.81. The van der Waals surface area contributed by atoms with Crippen molar-refractivity contribution in [1.82, 2.24) is 15.4 Å². The molecule has 0 spiro atoms. The van der Waals surface area contributed by atoms with Crippen LogP contribution in [0, 0.1) is 0 Å². The van der Waals surface area contributed by atoms with Crippen LogP contribution < -0.4 is 4.90 Å². The monoisotopic (exact) mass is 438 g/mol. The van der Waals surface area contributed by atoms with E-state index in [2.05, 4.69) is 15.4 Å². The van der Waals surface area contributed by atoms with Gasteiger partial charge in [0.25, 0.3) is 0 Å². The number of aromatic nitrogens is 3. The number of H-pyrrole nitrogens is 1. The summed E-state index contributed by atoms with van der Waals surface area (Å²) in [6.07, 6.45) is -0.842. The number of hydrogen-bond acceptors (Lipinski definition) is 4. The first-order valence-corrected chi connectivity index (χ1v) is 8.20. The van der Waals surface area contributed by atoms with Crippen LogP contribution in [-0.2, 0) is 4.74 Å². The largest absolute Gasteiger partial charge is 0.445 e. The molecule has 126 valence electrons. The van der Waals surface area contributed by atoms with Crippen LogP contribution in [0.4, 0.5) is 10.5 Å². The number of amides is 1. The number of fused-ring (bicyclic) bond motifs is 1. The third-order valence-corrected chi connectivity index (χ3v) is 3.21. The number of anilines is 1. The van der Waals surface area contributed by atoms with Crippen molar-refractivity contribution in [1.29, 1.82) is 0 Å². The van der Waals surface area contributed by atoms with Crippen LogP contribution in [-0.4, -0.2) is 42.2 Å². The quantitative estimate of drug-likeness (QED) is 0.706. The van der Waals surface area contributed by atoms with Gasteiger partial charge in [0.15, 0.2) is 0 Å². The van der Waals surface area contributed by atoms with E-state index in [4.69, 9.17) is 74.3 Å². The molecule has 1 heterocycles. The van der Waals surface area contributed by atoms with Gasteiger partial charge in [-0.15, -0.1) is 0 Å². The van der Waals surface area contributed by atoms with Gasteiger partial charge in [0.05, 0.1) is 6.54 Å². The number of alkyl halides is 6. The van der Waals surface area contributed by atoms with Crippen molar-refractivity contribution in [2.45, 2.75) is 7.59 Å². The Hall–Kier alpha value is -0.370. The van der Waals surface area contributed by atoms with E-state index in [1.54, 1.807) is 18.2 Å². The minimum Gasteiger partial charge on any atom is -0.445 e. The average molecular weight is 441 g/mol. The summed E-state index contributed by atoms with van der Waals surface area (Å²) < 4.78 is 1.44. The Kier molecular flexibility index (Phi) is 5.98. The Balaban J connectivity index is 2.27. The van der Waals surface area contributed by atoms with Gasteiger partial charge in [-0.3, -0.25) is 4.90 Å². The topological polar surface area (TPSA) is 71.1 Å². The number of ether oxygens (including phenoxy) is 1. The molecule has 0 aliphatic rings. The second kappa shape index (κ2) is 7.25. The third kappa shape index (κ3) is 5.89. The van der Waals surface area contributed by atoms with Crippen molar-refractivity contribution >= 4 is 92.4 Å². The molecule has 0 radical (unpaired) electrons. The lowest BCUT2D eigenvalue weighted by Gasteiger charge is -2.26. The molecule has 6 nitrogen and oxygen atoms in total. The number of halogens is 6. The van der Waals surface area contributed by atoms with Crippen molar-refractivity contribution in [2.75, 3.05) is 18.1 Å². The summed E-state index contributed by atoms with van der Waals surface area (Å²) in [5, 5.41) is 10.3. The fourth-order valence-electron chi connectivity index (χ4n) is 1.66. The lowest BCUT2D eigenvalue weighted by Crippen LogP contribution is -2.39. The van der Waals surface area contributed by atoms with Crippen LogP contribution in [0.15, 0.2) is 18.2 Å². The Morgan fingerprint density at radius 1 is 1.09 bits per heavy atom. The third-order valence-electron chi connectivity index (χ3n) is 2.53. The van der Waals surface area contributed by atoms with E-state index in [0.29, 0.717) is 16.7 Å². The molecule has 0 saturated carbocycles. The van der Waals surface area contributed by atoms with Crippen molar-refractivity contribution in [3.05, 3.63) is 18.2 Å². The molecule has 1 amide bonds. The standard InChI is InChI=1S/C11H8Cl6N4O2/c12-10(13,14)4-21(9(22)23-5-11(15,16)17)6-1-2-7-8(3-6)19-20-18-7/h1-3H,4-5H2,(H,18,19,20). The van der Waals surface area contributed by atoms with E-state index in [1.165, 1.54) is 0 Å². The van der Waals surface area contributed by atoms with Gasteiger partial charge in [-0.25, -0.2) is 4.79 Å². The number of carbonyl (C=O) groups is 1. The zero-order chi connectivity index (χ0) is 17.3. The molecule has 0 fully saturated rings. The van der Waals surface area contributed by atoms with E-state index in [9.17, 15) is 4.79 Å². The number of benzene rings is 1. The van der Waals surface area contributed by atoms with Gasteiger partial charge < -0.3 is 4.74 Å². The summed E-state index contributed by atoms with van der Waals surface area (Å²) in [5.41, 5.74) is 1.51. The maximum Gasteiger partial charge on any atom is 0.414 e. The highest BCUT2D eigenvalue weighted by atomic mass is 35.6. The van der Waals surface area contributed by atoms with Crippen molar-refractivity contribution in [3.8, 4) is 0 Å². The van der Waals surface area contributed by atoms with Gasteiger partial charge in [-0.2, -0.15) is 15.4 Å². The Labute approximate surface area is 160 Å². The summed E-state index contributed by atoms with van der Waals surface area (Å²) in [5.74, 6) is 0. The van der Waals surface area contributed by atoms with Crippen molar-refractivity contribution < 1.29 is 9.53 Å². The fraction of sp³-hybridized carbons (Fsp3) is 0.364. The number of carbonyl (C=O) groups excluding carboxylic acids is 1. The van der Waals surface area contributed by atoms with Crippen LogP contribution in [0.25, 0.3) is 11.0 Å². The van der Waals surface area contributed by atoms with E-state index in [-0.39, 0.29) is 6.54 Å². The SMILES string of the molecule is O=C(OCC(Cl)(Cl)Cl)N(CC(Cl)(Cl)Cl)c1ccc2n[nH]nc2c1. The summed E-state index contributed by atoms with van der Waals surface area (Å²) in [7, 11) is 0. The Morgan fingerprint density at radius 2 is 1.74 bits per heavy atom. The molecule has 0 saturated heterocycles. The number of hydrogen-bond donors (Lipinski definition) is 1. The summed E-state index contributed by atoms with van der Waals surface area (Å²) >= 11 is 34.0. The minimum atomic E-state index is -1.75. The van der Waals surface area contributed by atoms with Crippen LogP contribution in [0.3, 0.4) is 0 Å². The van der Waals surface area contributed by atoms with Crippen LogP contribution >= 0.6 is 69.6 Å². The molecule has 1 aromatic heterocycles. The molecular formula is C11H8Cl6N4O2. The first-order valence-electron chi connectivity index (χ1n) is 5.93. The zero-order valence-electron chi connectivity index (χ0n) is 11.1. The van der Waals surface area contributed by atoms with E-state index < -0.39 is 20.3 Å². The molecule has 12 heteroatoms. The Bertz CT molecular complexity index is 696. The maximum absolute atomic E-state index is 12.3. The van der Waals surface area contributed by atoms with Gasteiger partial charge in [0, 0.05) is 5.69 Å². The average Bonchev–Trinajstić information content (AvgIpc) is 2.87. The van der Waals surface area contributed by atoms with Gasteiger partial charge in [-0.05, 0) is 18.2 Å². The van der Waals surface area contributed by atoms with Crippen LogP contribution in [0.5, 0.6) is 0 Å². The first kappa shape index (κ1) is 19.0. The molecular weight excluding hydrogens is 433 g/mol. The highest BCUT2D eigenvalue weighted by molar-refractivity contribution is 6.68. The number of rotatable bonds is 3. The van der Waals surface area contributed by atoms with Gasteiger partial charge in [-0.1, -0.05) is 69.6 Å². The summed E-state index contributed by atoms with van der Waals surface area (Å²) in [4.78, 5) is 13.3. The molecule has 0 aliphatic carbocycles. The lowest BCUT2D eigenvalue weighted by molar-refractivity contribution is 0.156. The van der Waals surface area contributed by atoms with Gasteiger partial charge in [0.2, 0.25) is 7.59 Å². The van der Waals surface area contributed by atoms with Crippen molar-refractivity contribution in [3.63, 3.8) is 0 Å². The van der Waals surface area contributed by atoms with E-state index >= 15 is 0 Å². The predicted molar refractivity (Wildman–Crippen MR) is 93.2 cm³/mol. The van der Waals surface area contributed by atoms with Gasteiger partial charge >= 0.3 is 6.09 Å². The number of aromatic amines is 1. The Morgan fingerprint density at radius 3 is 2.35 bits per heavy atom. The minimum absolute atomic E-state index is 0.278. The van der Waals surface area contributed by atoms with E-state index in [1.807, 2.05) is 0 Å². The second-order valence-electron chi connectivity index (χ2n) is 4.37. The maximum atomic E-state index is 12.3. The zero-order valence-corrected chi connectivity index (χ0v) is 15.6. The second-order valence-corrected chi connectivity index (χ2v) is 9.40. The highest BCUT2D eigenvalue weighted by Gasteiger charge is 2.31. The summed E-state index contributed by atoms with van der Waals surface area (Å²) in [6.45, 7) is -0.737. The van der Waals surface area contributed by atoms with Crippen molar-refractivity contribution in [2.24, 2.45) is 0 Å². The molecule has 2 aromatic rings. The molecule has 0 bridgehead atoms. The first-order chi connectivity index (χ1) is 10.6. The highest BCUT2D eigenvalue weighted by Crippen LogP contribution is 2.31. The normalized spacial score (nSPS) is 12.4. The molecule has 0 unspecified atom stereocenters. The van der Waals surface area contributed by atoms with Crippen LogP contribution in [0.1, 0.15) is 0 Å². The predicted octanol–water partition coefficient (Wildman–Crippen LogP) is 4.64. The molecule has 1 aromatic carbocycles. The smallest absolute Gasteiger partial charge is 0.414 e. The molecule has 2 rings (SSSR count). The molecule has 0 aliphatic heterocycles. The number of nitrogens with one attached hydrogen (secondary N) is 1. The lowest BCUT2D eigenvalue weighted by atomic mass is 10.2. The van der Waals surface area contributed by atoms with Gasteiger partial charge in [0.1, 0.15) is 17.6 Å². The molecule has 1 N–H and O–H groups in total.